The first-order chi connectivity index (χ1) is 9.22. The van der Waals surface area contributed by atoms with Gasteiger partial charge < -0.3 is 9.94 Å². The van der Waals surface area contributed by atoms with Gasteiger partial charge in [0, 0.05) is 5.56 Å². The average Bonchev–Trinajstić information content (AvgIpc) is 2.42. The van der Waals surface area contributed by atoms with E-state index in [0.29, 0.717) is 17.0 Å². The van der Waals surface area contributed by atoms with Gasteiger partial charge in [0.2, 0.25) is 0 Å². The molecule has 0 spiro atoms. The van der Waals surface area contributed by atoms with Crippen molar-refractivity contribution in [3.63, 3.8) is 0 Å². The van der Waals surface area contributed by atoms with Crippen molar-refractivity contribution in [2.24, 2.45) is 5.16 Å². The normalized spacial score (nSPS) is 11.6. The van der Waals surface area contributed by atoms with Crippen LogP contribution in [0, 0.1) is 0 Å². The number of ether oxygens (including phenoxy) is 1. The smallest absolute Gasteiger partial charge is 0.136 e. The van der Waals surface area contributed by atoms with Gasteiger partial charge in [0.15, 0.2) is 0 Å². The van der Waals surface area contributed by atoms with Crippen LogP contribution in [0.2, 0.25) is 0 Å². The summed E-state index contributed by atoms with van der Waals surface area (Å²) < 4.78 is 5.55. The third kappa shape index (κ3) is 3.58. The first kappa shape index (κ1) is 14.1. The molecular formula is C14H11Br2NO2. The molecule has 0 saturated heterocycles. The Kier molecular flexibility index (Phi) is 4.99. The molecule has 0 aliphatic heterocycles. The van der Waals surface area contributed by atoms with Crippen molar-refractivity contribution in [3.8, 4) is 11.5 Å². The fourth-order valence-corrected chi connectivity index (χ4v) is 2.27. The minimum absolute atomic E-state index is 0.259. The number of halogens is 2. The quantitative estimate of drug-likeness (QED) is 0.357. The third-order valence-corrected chi connectivity index (χ3v) is 3.32. The molecule has 3 nitrogen and oxygen atoms in total. The summed E-state index contributed by atoms with van der Waals surface area (Å²) in [7, 11) is 0. The molecule has 0 radical (unpaired) electrons. The highest BCUT2D eigenvalue weighted by Crippen LogP contribution is 2.28. The number of oxime groups is 1. The van der Waals surface area contributed by atoms with Gasteiger partial charge in [-0.25, -0.2) is 0 Å². The van der Waals surface area contributed by atoms with E-state index in [9.17, 15) is 0 Å². The topological polar surface area (TPSA) is 41.8 Å². The second-order valence-corrected chi connectivity index (χ2v) is 6.76. The monoisotopic (exact) mass is 383 g/mol. The Morgan fingerprint density at radius 2 is 1.63 bits per heavy atom. The van der Waals surface area contributed by atoms with Gasteiger partial charge >= 0.3 is 0 Å². The first-order valence-corrected chi connectivity index (χ1v) is 7.38. The zero-order chi connectivity index (χ0) is 13.7. The van der Waals surface area contributed by atoms with Crippen LogP contribution in [-0.4, -0.2) is 14.7 Å². The molecule has 2 aromatic rings. The summed E-state index contributed by atoms with van der Waals surface area (Å²) in [6, 6.07) is 16.9. The minimum Gasteiger partial charge on any atom is -0.457 e. The van der Waals surface area contributed by atoms with E-state index in [4.69, 9.17) is 9.94 Å². The van der Waals surface area contributed by atoms with Crippen LogP contribution in [0.4, 0.5) is 0 Å². The molecule has 0 heterocycles. The summed E-state index contributed by atoms with van der Waals surface area (Å²) in [4.78, 5) is 0. The number of alkyl halides is 2. The lowest BCUT2D eigenvalue weighted by atomic mass is 10.1. The predicted molar refractivity (Wildman–Crippen MR) is 82.9 cm³/mol. The van der Waals surface area contributed by atoms with Crippen molar-refractivity contribution in [1.29, 1.82) is 0 Å². The number of hydrogen-bond donors (Lipinski definition) is 1. The van der Waals surface area contributed by atoms with Gasteiger partial charge in [0.25, 0.3) is 0 Å². The molecule has 5 heteroatoms. The van der Waals surface area contributed by atoms with Crippen LogP contribution in [0.15, 0.2) is 59.8 Å². The van der Waals surface area contributed by atoms with E-state index in [1.165, 1.54) is 0 Å². The number of nitrogens with zero attached hydrogens (tertiary/aromatic N) is 1. The van der Waals surface area contributed by atoms with Crippen LogP contribution in [-0.2, 0) is 0 Å². The van der Waals surface area contributed by atoms with E-state index in [1.807, 2.05) is 54.6 Å². The summed E-state index contributed by atoms with van der Waals surface area (Å²) in [5, 5.41) is 12.4. The average molecular weight is 385 g/mol. The van der Waals surface area contributed by atoms with Gasteiger partial charge in [-0.15, -0.1) is 0 Å². The van der Waals surface area contributed by atoms with Crippen LogP contribution in [0.3, 0.4) is 0 Å². The van der Waals surface area contributed by atoms with E-state index < -0.39 is 0 Å². The molecule has 0 unspecified atom stereocenters. The highest BCUT2D eigenvalue weighted by molar-refractivity contribution is 9.25. The second-order valence-electron chi connectivity index (χ2n) is 3.70. The Balaban J connectivity index is 2.37. The molecule has 0 amide bonds. The van der Waals surface area contributed by atoms with Crippen molar-refractivity contribution in [2.45, 2.75) is 3.74 Å². The molecule has 19 heavy (non-hydrogen) atoms. The zero-order valence-electron chi connectivity index (χ0n) is 9.83. The molecule has 0 saturated carbocycles. The summed E-state index contributed by atoms with van der Waals surface area (Å²) in [6.45, 7) is 0. The van der Waals surface area contributed by atoms with Gasteiger partial charge in [0.1, 0.15) is 20.9 Å². The van der Waals surface area contributed by atoms with E-state index >= 15 is 0 Å². The van der Waals surface area contributed by atoms with Gasteiger partial charge in [-0.2, -0.15) is 0 Å². The Hall–Kier alpha value is -1.33. The standard InChI is InChI=1S/C14H11Br2NO2/c15-14(16)13(17-18)11-8-4-5-9-12(11)19-10-6-2-1-3-7-10/h1-9,14,18H/b17-13-. The molecule has 0 fully saturated rings. The molecule has 0 aliphatic rings. The third-order valence-electron chi connectivity index (χ3n) is 2.45. The Morgan fingerprint density at radius 3 is 2.26 bits per heavy atom. The molecule has 98 valence electrons. The number of hydrogen-bond acceptors (Lipinski definition) is 3. The Morgan fingerprint density at radius 1 is 1.00 bits per heavy atom. The maximum atomic E-state index is 9.11. The number of rotatable bonds is 4. The fourth-order valence-electron chi connectivity index (χ4n) is 1.60. The molecule has 0 aromatic heterocycles. The first-order valence-electron chi connectivity index (χ1n) is 5.54. The van der Waals surface area contributed by atoms with E-state index in [-0.39, 0.29) is 3.74 Å². The lowest BCUT2D eigenvalue weighted by Crippen LogP contribution is -2.10. The molecule has 0 bridgehead atoms. The molecule has 2 aromatic carbocycles. The Labute approximate surface area is 128 Å². The summed E-state index contributed by atoms with van der Waals surface area (Å²) in [5.74, 6) is 1.36. The van der Waals surface area contributed by atoms with Crippen molar-refractivity contribution in [2.75, 3.05) is 0 Å². The van der Waals surface area contributed by atoms with Crippen LogP contribution < -0.4 is 4.74 Å². The van der Waals surface area contributed by atoms with Crippen LogP contribution in [0.5, 0.6) is 11.5 Å². The van der Waals surface area contributed by atoms with Crippen molar-refractivity contribution < 1.29 is 9.94 Å². The van der Waals surface area contributed by atoms with Crippen LogP contribution in [0.25, 0.3) is 0 Å². The summed E-state index contributed by atoms with van der Waals surface area (Å²) >= 11 is 6.66. The van der Waals surface area contributed by atoms with Crippen molar-refractivity contribution >= 4 is 37.6 Å². The lowest BCUT2D eigenvalue weighted by Gasteiger charge is -2.12. The molecule has 1 N–H and O–H groups in total. The second kappa shape index (κ2) is 6.73. The van der Waals surface area contributed by atoms with Gasteiger partial charge in [-0.3, -0.25) is 0 Å². The van der Waals surface area contributed by atoms with Gasteiger partial charge in [0.05, 0.1) is 0 Å². The number of para-hydroxylation sites is 2. The summed E-state index contributed by atoms with van der Waals surface area (Å²) in [6.07, 6.45) is 0. The maximum Gasteiger partial charge on any atom is 0.136 e. The van der Waals surface area contributed by atoms with Crippen LogP contribution in [0.1, 0.15) is 5.56 Å². The SMILES string of the molecule is O/N=C(/c1ccccc1Oc1ccccc1)C(Br)Br. The summed E-state index contributed by atoms with van der Waals surface area (Å²) in [5.41, 5.74) is 1.17. The van der Waals surface area contributed by atoms with Crippen LogP contribution >= 0.6 is 31.9 Å². The minimum atomic E-state index is -0.259. The predicted octanol–water partition coefficient (Wildman–Crippen LogP) is 4.77. The largest absolute Gasteiger partial charge is 0.457 e. The van der Waals surface area contributed by atoms with Gasteiger partial charge in [-0.05, 0) is 24.3 Å². The highest BCUT2D eigenvalue weighted by atomic mass is 79.9. The number of benzene rings is 2. The van der Waals surface area contributed by atoms with Crippen molar-refractivity contribution in [3.05, 3.63) is 60.2 Å². The zero-order valence-corrected chi connectivity index (χ0v) is 13.0. The van der Waals surface area contributed by atoms with E-state index in [1.54, 1.807) is 0 Å². The molecule has 0 aliphatic carbocycles. The highest BCUT2D eigenvalue weighted by Gasteiger charge is 2.17. The van der Waals surface area contributed by atoms with Gasteiger partial charge in [-0.1, -0.05) is 67.3 Å². The van der Waals surface area contributed by atoms with E-state index in [0.717, 1.165) is 5.75 Å². The molecule has 0 atom stereocenters. The molecule has 2 rings (SSSR count). The Bertz CT molecular complexity index is 571. The lowest BCUT2D eigenvalue weighted by molar-refractivity contribution is 0.319. The van der Waals surface area contributed by atoms with Crippen molar-refractivity contribution in [1.82, 2.24) is 0 Å². The maximum absolute atomic E-state index is 9.11. The fraction of sp³-hybridized carbons (Fsp3) is 0.0714. The van der Waals surface area contributed by atoms with E-state index in [2.05, 4.69) is 37.0 Å². The molecular weight excluding hydrogens is 374 g/mol.